The molecule has 4 nitrogen and oxygen atoms in total. The summed E-state index contributed by atoms with van der Waals surface area (Å²) in [5.41, 5.74) is 0.581. The van der Waals surface area contributed by atoms with Crippen molar-refractivity contribution in [1.82, 2.24) is 10.2 Å². The molecule has 1 fully saturated rings. The maximum atomic E-state index is 13.2. The lowest BCUT2D eigenvalue weighted by Gasteiger charge is -2.29. The van der Waals surface area contributed by atoms with E-state index in [0.29, 0.717) is 10.0 Å². The van der Waals surface area contributed by atoms with Crippen LogP contribution in [0.25, 0.3) is 0 Å². The molecule has 0 bridgehead atoms. The summed E-state index contributed by atoms with van der Waals surface area (Å²) in [5.74, 6) is -0.979. The summed E-state index contributed by atoms with van der Waals surface area (Å²) in [7, 11) is 0. The van der Waals surface area contributed by atoms with Crippen molar-refractivity contribution in [1.29, 1.82) is 0 Å². The SMILES string of the molecule is CC1NCC(=O)N(Cc2cc(F)cc(Br)c2)C1=O. The molecule has 0 aliphatic carbocycles. The largest absolute Gasteiger partial charge is 0.298 e. The van der Waals surface area contributed by atoms with Gasteiger partial charge in [0, 0.05) is 4.47 Å². The Labute approximate surface area is 112 Å². The molecule has 18 heavy (non-hydrogen) atoms. The summed E-state index contributed by atoms with van der Waals surface area (Å²) in [6, 6.07) is 3.95. The zero-order valence-electron chi connectivity index (χ0n) is 9.74. The van der Waals surface area contributed by atoms with Gasteiger partial charge in [-0.05, 0) is 30.7 Å². The van der Waals surface area contributed by atoms with Crippen LogP contribution in [0.3, 0.4) is 0 Å². The van der Waals surface area contributed by atoms with E-state index in [1.54, 1.807) is 13.0 Å². The van der Waals surface area contributed by atoms with Gasteiger partial charge in [-0.25, -0.2) is 4.39 Å². The number of imide groups is 1. The first kappa shape index (κ1) is 13.2. The van der Waals surface area contributed by atoms with E-state index in [0.717, 1.165) is 4.90 Å². The van der Waals surface area contributed by atoms with Crippen LogP contribution in [0.1, 0.15) is 12.5 Å². The smallest absolute Gasteiger partial charge is 0.246 e. The van der Waals surface area contributed by atoms with Crippen molar-refractivity contribution in [3.8, 4) is 0 Å². The average molecular weight is 315 g/mol. The molecule has 2 amide bonds. The fourth-order valence-electron chi connectivity index (χ4n) is 1.83. The minimum Gasteiger partial charge on any atom is -0.298 e. The van der Waals surface area contributed by atoms with E-state index in [2.05, 4.69) is 21.2 Å². The van der Waals surface area contributed by atoms with Crippen molar-refractivity contribution in [3.05, 3.63) is 34.1 Å². The number of nitrogens with zero attached hydrogens (tertiary/aromatic N) is 1. The van der Waals surface area contributed by atoms with Crippen LogP contribution in [0.5, 0.6) is 0 Å². The van der Waals surface area contributed by atoms with Gasteiger partial charge in [-0.3, -0.25) is 19.8 Å². The molecule has 0 aromatic heterocycles. The zero-order valence-corrected chi connectivity index (χ0v) is 11.3. The quantitative estimate of drug-likeness (QED) is 0.840. The molecular formula is C12H12BrFN2O2. The predicted octanol–water partition coefficient (Wildman–Crippen LogP) is 1.44. The highest BCUT2D eigenvalue weighted by Crippen LogP contribution is 2.17. The topological polar surface area (TPSA) is 49.4 Å². The lowest BCUT2D eigenvalue weighted by Crippen LogP contribution is -2.56. The van der Waals surface area contributed by atoms with Crippen molar-refractivity contribution < 1.29 is 14.0 Å². The minimum atomic E-state index is -0.401. The Morgan fingerprint density at radius 2 is 2.17 bits per heavy atom. The first-order valence-electron chi connectivity index (χ1n) is 5.50. The third-order valence-corrected chi connectivity index (χ3v) is 3.22. The fraction of sp³-hybridized carbons (Fsp3) is 0.333. The number of carbonyl (C=O) groups is 2. The van der Waals surface area contributed by atoms with E-state index >= 15 is 0 Å². The normalized spacial score (nSPS) is 20.4. The van der Waals surface area contributed by atoms with Crippen molar-refractivity contribution in [3.63, 3.8) is 0 Å². The van der Waals surface area contributed by atoms with E-state index in [9.17, 15) is 14.0 Å². The van der Waals surface area contributed by atoms with Gasteiger partial charge < -0.3 is 0 Å². The minimum absolute atomic E-state index is 0.0973. The second-order valence-electron chi connectivity index (χ2n) is 4.20. The second-order valence-corrected chi connectivity index (χ2v) is 5.11. The number of carbonyl (C=O) groups excluding carboxylic acids is 2. The summed E-state index contributed by atoms with van der Waals surface area (Å²) in [4.78, 5) is 24.7. The van der Waals surface area contributed by atoms with Gasteiger partial charge in [0.2, 0.25) is 11.8 Å². The molecule has 2 rings (SSSR count). The van der Waals surface area contributed by atoms with Crippen molar-refractivity contribution in [2.24, 2.45) is 0 Å². The van der Waals surface area contributed by atoms with Crippen LogP contribution in [0, 0.1) is 5.82 Å². The average Bonchev–Trinajstić information content (AvgIpc) is 2.28. The number of amides is 2. The number of hydrogen-bond donors (Lipinski definition) is 1. The highest BCUT2D eigenvalue weighted by molar-refractivity contribution is 9.10. The van der Waals surface area contributed by atoms with Gasteiger partial charge in [-0.2, -0.15) is 0 Å². The van der Waals surface area contributed by atoms with Crippen molar-refractivity contribution >= 4 is 27.7 Å². The van der Waals surface area contributed by atoms with Gasteiger partial charge in [0.05, 0.1) is 19.1 Å². The molecule has 1 aliphatic heterocycles. The zero-order chi connectivity index (χ0) is 13.3. The number of hydrogen-bond acceptors (Lipinski definition) is 3. The fourth-order valence-corrected chi connectivity index (χ4v) is 2.34. The third-order valence-electron chi connectivity index (χ3n) is 2.76. The molecule has 1 unspecified atom stereocenters. The van der Waals surface area contributed by atoms with Gasteiger partial charge in [-0.15, -0.1) is 0 Å². The summed E-state index contributed by atoms with van der Waals surface area (Å²) >= 11 is 3.18. The Morgan fingerprint density at radius 1 is 1.44 bits per heavy atom. The molecule has 6 heteroatoms. The van der Waals surface area contributed by atoms with E-state index < -0.39 is 5.82 Å². The molecule has 0 saturated carbocycles. The standard InChI is InChI=1S/C12H12BrFN2O2/c1-7-12(18)16(11(17)5-15-7)6-8-2-9(13)4-10(14)3-8/h2-4,7,15H,5-6H2,1H3. The van der Waals surface area contributed by atoms with Crippen LogP contribution in [0.4, 0.5) is 4.39 Å². The van der Waals surface area contributed by atoms with Crippen LogP contribution in [0.2, 0.25) is 0 Å². The van der Waals surface area contributed by atoms with Crippen LogP contribution in [-0.2, 0) is 16.1 Å². The van der Waals surface area contributed by atoms with Crippen LogP contribution < -0.4 is 5.32 Å². The van der Waals surface area contributed by atoms with E-state index in [4.69, 9.17) is 0 Å². The lowest BCUT2D eigenvalue weighted by atomic mass is 10.1. The molecule has 1 aromatic rings. The molecule has 1 N–H and O–H groups in total. The summed E-state index contributed by atoms with van der Waals surface area (Å²) in [6.45, 7) is 1.92. The molecule has 0 radical (unpaired) electrons. The monoisotopic (exact) mass is 314 g/mol. The Morgan fingerprint density at radius 3 is 2.83 bits per heavy atom. The number of nitrogens with one attached hydrogen (secondary N) is 1. The molecule has 1 atom stereocenters. The molecule has 0 spiro atoms. The first-order chi connectivity index (χ1) is 8.47. The van der Waals surface area contributed by atoms with Crippen LogP contribution in [-0.4, -0.2) is 29.3 Å². The third kappa shape index (κ3) is 2.76. The van der Waals surface area contributed by atoms with Gasteiger partial charge in [0.1, 0.15) is 5.82 Å². The first-order valence-corrected chi connectivity index (χ1v) is 6.29. The van der Waals surface area contributed by atoms with Gasteiger partial charge in [0.15, 0.2) is 0 Å². The van der Waals surface area contributed by atoms with Crippen molar-refractivity contribution in [2.75, 3.05) is 6.54 Å². The van der Waals surface area contributed by atoms with Gasteiger partial charge in [-0.1, -0.05) is 15.9 Å². The molecule has 1 heterocycles. The molecule has 1 aliphatic rings. The number of piperazine rings is 1. The summed E-state index contributed by atoms with van der Waals surface area (Å²) in [5, 5.41) is 2.80. The Bertz CT molecular complexity index is 487. The molecule has 1 saturated heterocycles. The number of benzene rings is 1. The Kier molecular flexibility index (Phi) is 3.77. The van der Waals surface area contributed by atoms with Gasteiger partial charge in [0.25, 0.3) is 0 Å². The maximum absolute atomic E-state index is 13.2. The molecule has 96 valence electrons. The molecule has 1 aromatic carbocycles. The van der Waals surface area contributed by atoms with Crippen LogP contribution >= 0.6 is 15.9 Å². The van der Waals surface area contributed by atoms with E-state index in [-0.39, 0.29) is 30.9 Å². The van der Waals surface area contributed by atoms with Crippen molar-refractivity contribution in [2.45, 2.75) is 19.5 Å². The Hall–Kier alpha value is -1.27. The number of rotatable bonds is 2. The van der Waals surface area contributed by atoms with E-state index in [1.807, 2.05) is 0 Å². The van der Waals surface area contributed by atoms with E-state index in [1.165, 1.54) is 12.1 Å². The maximum Gasteiger partial charge on any atom is 0.246 e. The molecular weight excluding hydrogens is 303 g/mol. The van der Waals surface area contributed by atoms with Crippen LogP contribution in [0.15, 0.2) is 22.7 Å². The highest BCUT2D eigenvalue weighted by Gasteiger charge is 2.31. The van der Waals surface area contributed by atoms with Gasteiger partial charge >= 0.3 is 0 Å². The predicted molar refractivity (Wildman–Crippen MR) is 67.1 cm³/mol. The summed E-state index contributed by atoms with van der Waals surface area (Å²) in [6.07, 6.45) is 0. The number of halogens is 2. The highest BCUT2D eigenvalue weighted by atomic mass is 79.9. The lowest BCUT2D eigenvalue weighted by molar-refractivity contribution is -0.149. The Balaban J connectivity index is 2.21. The second kappa shape index (κ2) is 5.16. The summed E-state index contributed by atoms with van der Waals surface area (Å²) < 4.78 is 13.8.